The van der Waals surface area contributed by atoms with Crippen LogP contribution in [-0.2, 0) is 6.42 Å². The van der Waals surface area contributed by atoms with E-state index in [2.05, 4.69) is 17.2 Å². The van der Waals surface area contributed by atoms with Crippen LogP contribution >= 0.6 is 11.3 Å². The van der Waals surface area contributed by atoms with Crippen molar-refractivity contribution in [1.82, 2.24) is 10.3 Å². The first-order valence-corrected chi connectivity index (χ1v) is 7.57. The van der Waals surface area contributed by atoms with Crippen molar-refractivity contribution in [3.05, 3.63) is 51.5 Å². The Hall–Kier alpha value is -1.33. The highest BCUT2D eigenvalue weighted by Gasteiger charge is 2.20. The van der Waals surface area contributed by atoms with Gasteiger partial charge in [-0.15, -0.1) is 11.3 Å². The molecule has 2 rings (SSSR count). The summed E-state index contributed by atoms with van der Waals surface area (Å²) in [6.07, 6.45) is 1.26. The lowest BCUT2D eigenvalue weighted by Crippen LogP contribution is -2.24. The van der Waals surface area contributed by atoms with E-state index in [1.165, 1.54) is 29.5 Å². The zero-order chi connectivity index (χ0) is 14.5. The molecule has 0 aliphatic carbocycles. The van der Waals surface area contributed by atoms with Crippen molar-refractivity contribution in [2.45, 2.75) is 32.7 Å². The van der Waals surface area contributed by atoms with E-state index in [0.717, 1.165) is 23.5 Å². The van der Waals surface area contributed by atoms with Gasteiger partial charge in [0.1, 0.15) is 11.6 Å². The fourth-order valence-corrected chi connectivity index (χ4v) is 3.03. The van der Waals surface area contributed by atoms with Crippen LogP contribution in [0.5, 0.6) is 0 Å². The van der Waals surface area contributed by atoms with Gasteiger partial charge < -0.3 is 5.32 Å². The standard InChI is InChI=1S/C15H18F2N2S/c1-3-7-18-14(15-10(2)19-9-20-15)8-11-12(16)5-4-6-13(11)17/h4-6,9,14,18H,3,7-8H2,1-2H3. The van der Waals surface area contributed by atoms with E-state index in [0.29, 0.717) is 6.42 Å². The first kappa shape index (κ1) is 15.1. The van der Waals surface area contributed by atoms with Crippen LogP contribution in [0, 0.1) is 18.6 Å². The number of hydrogen-bond donors (Lipinski definition) is 1. The van der Waals surface area contributed by atoms with Gasteiger partial charge >= 0.3 is 0 Å². The highest BCUT2D eigenvalue weighted by atomic mass is 32.1. The first-order valence-electron chi connectivity index (χ1n) is 6.69. The van der Waals surface area contributed by atoms with Crippen LogP contribution in [0.25, 0.3) is 0 Å². The summed E-state index contributed by atoms with van der Waals surface area (Å²) < 4.78 is 27.6. The van der Waals surface area contributed by atoms with Crippen LogP contribution in [0.3, 0.4) is 0 Å². The molecule has 1 unspecified atom stereocenters. The number of hydrogen-bond acceptors (Lipinski definition) is 3. The molecule has 0 bridgehead atoms. The van der Waals surface area contributed by atoms with Crippen molar-refractivity contribution in [3.8, 4) is 0 Å². The molecule has 1 heterocycles. The first-order chi connectivity index (χ1) is 9.63. The van der Waals surface area contributed by atoms with Gasteiger partial charge in [0.2, 0.25) is 0 Å². The molecule has 108 valence electrons. The summed E-state index contributed by atoms with van der Waals surface area (Å²) in [6, 6.07) is 3.89. The van der Waals surface area contributed by atoms with Crippen LogP contribution in [0.15, 0.2) is 23.7 Å². The Balaban J connectivity index is 2.26. The van der Waals surface area contributed by atoms with Gasteiger partial charge in [0.25, 0.3) is 0 Å². The second-order valence-electron chi connectivity index (χ2n) is 4.71. The van der Waals surface area contributed by atoms with Crippen LogP contribution in [0.2, 0.25) is 0 Å². The lowest BCUT2D eigenvalue weighted by molar-refractivity contribution is 0.493. The topological polar surface area (TPSA) is 24.9 Å². The van der Waals surface area contributed by atoms with Gasteiger partial charge in [-0.1, -0.05) is 13.0 Å². The molecule has 20 heavy (non-hydrogen) atoms. The van der Waals surface area contributed by atoms with E-state index in [1.807, 2.05) is 6.92 Å². The van der Waals surface area contributed by atoms with Crippen LogP contribution < -0.4 is 5.32 Å². The molecule has 0 saturated heterocycles. The predicted molar refractivity (Wildman–Crippen MR) is 77.9 cm³/mol. The number of aryl methyl sites for hydroxylation is 1. The Morgan fingerprint density at radius 2 is 2.00 bits per heavy atom. The van der Waals surface area contributed by atoms with Gasteiger partial charge in [-0.05, 0) is 38.4 Å². The van der Waals surface area contributed by atoms with E-state index in [4.69, 9.17) is 0 Å². The molecule has 2 aromatic rings. The lowest BCUT2D eigenvalue weighted by Gasteiger charge is -2.18. The summed E-state index contributed by atoms with van der Waals surface area (Å²) in [6.45, 7) is 4.79. The molecular weight excluding hydrogens is 278 g/mol. The van der Waals surface area contributed by atoms with Crippen LogP contribution in [0.1, 0.15) is 35.5 Å². The van der Waals surface area contributed by atoms with Crippen molar-refractivity contribution in [2.75, 3.05) is 6.54 Å². The monoisotopic (exact) mass is 296 g/mol. The fourth-order valence-electron chi connectivity index (χ4n) is 2.15. The van der Waals surface area contributed by atoms with Crippen LogP contribution in [-0.4, -0.2) is 11.5 Å². The highest BCUT2D eigenvalue weighted by molar-refractivity contribution is 7.09. The Morgan fingerprint density at radius 3 is 2.55 bits per heavy atom. The summed E-state index contributed by atoms with van der Waals surface area (Å²) in [5, 5.41) is 3.35. The molecule has 0 saturated carbocycles. The predicted octanol–water partition coefficient (Wildman–Crippen LogP) is 4.01. The molecule has 0 aliphatic heterocycles. The highest BCUT2D eigenvalue weighted by Crippen LogP contribution is 2.27. The Labute approximate surface area is 121 Å². The Bertz CT molecular complexity index is 549. The lowest BCUT2D eigenvalue weighted by atomic mass is 10.0. The molecule has 1 N–H and O–H groups in total. The summed E-state index contributed by atoms with van der Waals surface area (Å²) >= 11 is 1.52. The van der Waals surface area contributed by atoms with Crippen molar-refractivity contribution in [2.24, 2.45) is 0 Å². The molecule has 1 aromatic carbocycles. The van der Waals surface area contributed by atoms with Crippen molar-refractivity contribution in [1.29, 1.82) is 0 Å². The third kappa shape index (κ3) is 3.41. The van der Waals surface area contributed by atoms with Crippen molar-refractivity contribution in [3.63, 3.8) is 0 Å². The summed E-state index contributed by atoms with van der Waals surface area (Å²) in [5.41, 5.74) is 2.82. The third-order valence-corrected chi connectivity index (χ3v) is 4.25. The second kappa shape index (κ2) is 6.90. The smallest absolute Gasteiger partial charge is 0.129 e. The zero-order valence-electron chi connectivity index (χ0n) is 11.6. The van der Waals surface area contributed by atoms with Gasteiger partial charge in [-0.25, -0.2) is 13.8 Å². The molecule has 1 aromatic heterocycles. The number of rotatable bonds is 6. The van der Waals surface area contributed by atoms with E-state index in [-0.39, 0.29) is 11.6 Å². The number of thiazole rings is 1. The van der Waals surface area contributed by atoms with Gasteiger partial charge in [0.15, 0.2) is 0 Å². The number of benzene rings is 1. The number of nitrogens with zero attached hydrogens (tertiary/aromatic N) is 1. The van der Waals surface area contributed by atoms with E-state index in [9.17, 15) is 8.78 Å². The molecule has 2 nitrogen and oxygen atoms in total. The summed E-state index contributed by atoms with van der Waals surface area (Å²) in [4.78, 5) is 5.27. The van der Waals surface area contributed by atoms with E-state index >= 15 is 0 Å². The average molecular weight is 296 g/mol. The Morgan fingerprint density at radius 1 is 1.30 bits per heavy atom. The number of halogens is 2. The molecule has 1 atom stereocenters. The average Bonchev–Trinajstić information content (AvgIpc) is 2.84. The summed E-state index contributed by atoms with van der Waals surface area (Å²) in [7, 11) is 0. The van der Waals surface area contributed by atoms with Gasteiger partial charge in [0.05, 0.1) is 11.2 Å². The molecule has 0 fully saturated rings. The third-order valence-electron chi connectivity index (χ3n) is 3.21. The van der Waals surface area contributed by atoms with Crippen molar-refractivity contribution < 1.29 is 8.78 Å². The minimum Gasteiger partial charge on any atom is -0.309 e. The quantitative estimate of drug-likeness (QED) is 0.871. The second-order valence-corrected chi connectivity index (χ2v) is 5.60. The maximum absolute atomic E-state index is 13.8. The SMILES string of the molecule is CCCNC(Cc1c(F)cccc1F)c1scnc1C. The largest absolute Gasteiger partial charge is 0.309 e. The van der Waals surface area contributed by atoms with Gasteiger partial charge in [-0.3, -0.25) is 0 Å². The van der Waals surface area contributed by atoms with E-state index in [1.54, 1.807) is 5.51 Å². The van der Waals surface area contributed by atoms with Crippen molar-refractivity contribution >= 4 is 11.3 Å². The zero-order valence-corrected chi connectivity index (χ0v) is 12.4. The maximum atomic E-state index is 13.8. The molecule has 0 spiro atoms. The van der Waals surface area contributed by atoms with Gasteiger partial charge in [0, 0.05) is 16.5 Å². The van der Waals surface area contributed by atoms with E-state index < -0.39 is 11.6 Å². The Kier molecular flexibility index (Phi) is 5.20. The molecule has 0 aliphatic rings. The molecule has 5 heteroatoms. The maximum Gasteiger partial charge on any atom is 0.129 e. The number of nitrogens with one attached hydrogen (secondary N) is 1. The minimum atomic E-state index is -0.490. The number of aromatic nitrogens is 1. The molecule has 0 radical (unpaired) electrons. The fraction of sp³-hybridized carbons (Fsp3) is 0.400. The van der Waals surface area contributed by atoms with Crippen LogP contribution in [0.4, 0.5) is 8.78 Å². The molecular formula is C15H18F2N2S. The van der Waals surface area contributed by atoms with Gasteiger partial charge in [-0.2, -0.15) is 0 Å². The normalized spacial score (nSPS) is 12.6. The molecule has 0 amide bonds. The minimum absolute atomic E-state index is 0.103. The summed E-state index contributed by atoms with van der Waals surface area (Å²) in [5.74, 6) is -0.981.